The maximum atomic E-state index is 12.0. The molecule has 0 aliphatic heterocycles. The largest absolute Gasteiger partial charge is 0.405 e. The van der Waals surface area contributed by atoms with Gasteiger partial charge in [0.05, 0.1) is 0 Å². The molecule has 1 aromatic carbocycles. The third kappa shape index (κ3) is 5.78. The number of nitrogens with zero attached hydrogens (tertiary/aromatic N) is 2. The smallest absolute Gasteiger partial charge is 0.329 e. The van der Waals surface area contributed by atoms with Gasteiger partial charge in [-0.1, -0.05) is 0 Å². The van der Waals surface area contributed by atoms with E-state index in [9.17, 15) is 18.0 Å². The van der Waals surface area contributed by atoms with E-state index in [1.807, 2.05) is 0 Å². The lowest BCUT2D eigenvalue weighted by Crippen LogP contribution is -2.36. The minimum Gasteiger partial charge on any atom is -0.329 e. The minimum atomic E-state index is -4.44. The number of nitrogens with one attached hydrogen (secondary N) is 2. The van der Waals surface area contributed by atoms with Gasteiger partial charge in [0.25, 0.3) is 0 Å². The molecule has 1 heterocycles. The summed E-state index contributed by atoms with van der Waals surface area (Å²) in [6.07, 6.45) is -1.19. The van der Waals surface area contributed by atoms with Gasteiger partial charge in [0.15, 0.2) is 5.16 Å². The van der Waals surface area contributed by atoms with Crippen molar-refractivity contribution in [2.75, 3.05) is 11.9 Å². The van der Waals surface area contributed by atoms with E-state index >= 15 is 0 Å². The van der Waals surface area contributed by atoms with Crippen molar-refractivity contribution in [1.82, 2.24) is 15.3 Å². The van der Waals surface area contributed by atoms with Crippen LogP contribution in [-0.4, -0.2) is 28.7 Å². The molecule has 0 fully saturated rings. The van der Waals surface area contributed by atoms with Gasteiger partial charge in [-0.3, -0.25) is 0 Å². The number of carbonyl (C=O) groups excluding carboxylic acids is 1. The van der Waals surface area contributed by atoms with Crippen LogP contribution in [-0.2, 0) is 0 Å². The lowest BCUT2D eigenvalue weighted by Gasteiger charge is -2.12. The zero-order valence-corrected chi connectivity index (χ0v) is 12.8. The number of carbonyl (C=O) groups is 1. The SMILES string of the molecule is Cc1cc(Sc2ncccn2)ccc1NC(=O)NCC(F)(F)F. The summed E-state index contributed by atoms with van der Waals surface area (Å²) in [6, 6.07) is 5.95. The highest BCUT2D eigenvalue weighted by molar-refractivity contribution is 7.99. The summed E-state index contributed by atoms with van der Waals surface area (Å²) in [5, 5.41) is 4.72. The zero-order valence-electron chi connectivity index (χ0n) is 12.0. The summed E-state index contributed by atoms with van der Waals surface area (Å²) in [6.45, 7) is 0.368. The van der Waals surface area contributed by atoms with Crippen molar-refractivity contribution < 1.29 is 18.0 Å². The van der Waals surface area contributed by atoms with Crippen LogP contribution in [0, 0.1) is 6.92 Å². The van der Waals surface area contributed by atoms with Crippen LogP contribution in [0.4, 0.5) is 23.7 Å². The van der Waals surface area contributed by atoms with Crippen LogP contribution in [0.25, 0.3) is 0 Å². The molecule has 0 radical (unpaired) electrons. The van der Waals surface area contributed by atoms with Gasteiger partial charge in [-0.05, 0) is 48.5 Å². The first-order chi connectivity index (χ1) is 10.8. The number of hydrogen-bond donors (Lipinski definition) is 2. The van der Waals surface area contributed by atoms with Gasteiger partial charge in [-0.15, -0.1) is 0 Å². The van der Waals surface area contributed by atoms with Crippen LogP contribution >= 0.6 is 11.8 Å². The average molecular weight is 342 g/mol. The van der Waals surface area contributed by atoms with Crippen molar-refractivity contribution in [1.29, 1.82) is 0 Å². The molecule has 5 nitrogen and oxygen atoms in total. The lowest BCUT2D eigenvalue weighted by atomic mass is 10.2. The quantitative estimate of drug-likeness (QED) is 0.833. The van der Waals surface area contributed by atoms with E-state index in [1.165, 1.54) is 11.8 Å². The molecule has 0 aliphatic rings. The highest BCUT2D eigenvalue weighted by Gasteiger charge is 2.27. The van der Waals surface area contributed by atoms with Crippen LogP contribution < -0.4 is 10.6 Å². The maximum Gasteiger partial charge on any atom is 0.405 e. The molecule has 0 aliphatic carbocycles. The topological polar surface area (TPSA) is 66.9 Å². The number of aromatic nitrogens is 2. The second kappa shape index (κ2) is 7.32. The molecular weight excluding hydrogens is 329 g/mol. The Morgan fingerprint density at radius 1 is 1.26 bits per heavy atom. The Labute approximate surface area is 134 Å². The summed E-state index contributed by atoms with van der Waals surface area (Å²) >= 11 is 1.34. The predicted octanol–water partition coefficient (Wildman–Crippen LogP) is 3.62. The van der Waals surface area contributed by atoms with E-state index < -0.39 is 18.8 Å². The van der Waals surface area contributed by atoms with Gasteiger partial charge in [-0.25, -0.2) is 14.8 Å². The molecule has 0 bridgehead atoms. The number of anilines is 1. The van der Waals surface area contributed by atoms with Gasteiger partial charge in [-0.2, -0.15) is 13.2 Å². The molecule has 122 valence electrons. The van der Waals surface area contributed by atoms with E-state index in [-0.39, 0.29) is 0 Å². The molecule has 0 unspecified atom stereocenters. The lowest BCUT2D eigenvalue weighted by molar-refractivity contribution is -0.122. The van der Waals surface area contributed by atoms with E-state index in [1.54, 1.807) is 48.9 Å². The third-order valence-corrected chi connectivity index (χ3v) is 3.53. The standard InChI is InChI=1S/C14H13F3N4OS/c1-9-7-10(23-13-18-5-2-6-19-13)3-4-11(9)21-12(22)20-8-14(15,16)17/h2-7H,8H2,1H3,(H2,20,21,22). The molecule has 2 N–H and O–H groups in total. The molecule has 1 aromatic heterocycles. The van der Waals surface area contributed by atoms with Crippen molar-refractivity contribution in [3.63, 3.8) is 0 Å². The molecule has 0 atom stereocenters. The Bertz CT molecular complexity index is 679. The molecule has 0 saturated heterocycles. The summed E-state index contributed by atoms with van der Waals surface area (Å²) in [5.41, 5.74) is 1.15. The van der Waals surface area contributed by atoms with E-state index in [2.05, 4.69) is 15.3 Å². The maximum absolute atomic E-state index is 12.0. The summed E-state index contributed by atoms with van der Waals surface area (Å²) < 4.78 is 36.1. The fourth-order valence-electron chi connectivity index (χ4n) is 1.63. The Morgan fingerprint density at radius 2 is 1.96 bits per heavy atom. The van der Waals surface area contributed by atoms with Crippen molar-refractivity contribution in [3.8, 4) is 0 Å². The number of hydrogen-bond acceptors (Lipinski definition) is 4. The fraction of sp³-hybridized carbons (Fsp3) is 0.214. The van der Waals surface area contributed by atoms with Crippen molar-refractivity contribution in [3.05, 3.63) is 42.2 Å². The summed E-state index contributed by atoms with van der Waals surface area (Å²) in [5.74, 6) is 0. The molecule has 2 rings (SSSR count). The fourth-order valence-corrected chi connectivity index (χ4v) is 2.44. The van der Waals surface area contributed by atoms with Crippen molar-refractivity contribution in [2.45, 2.75) is 23.2 Å². The van der Waals surface area contributed by atoms with E-state index in [0.29, 0.717) is 16.4 Å². The minimum absolute atomic E-state index is 0.433. The predicted molar refractivity (Wildman–Crippen MR) is 80.4 cm³/mol. The van der Waals surface area contributed by atoms with E-state index in [4.69, 9.17) is 0 Å². The highest BCUT2D eigenvalue weighted by atomic mass is 32.2. The summed E-state index contributed by atoms with van der Waals surface area (Å²) in [4.78, 5) is 20.5. The van der Waals surface area contributed by atoms with Gasteiger partial charge >= 0.3 is 12.2 Å². The normalized spacial score (nSPS) is 11.1. The van der Waals surface area contributed by atoms with Crippen LogP contribution in [0.5, 0.6) is 0 Å². The van der Waals surface area contributed by atoms with Crippen LogP contribution in [0.3, 0.4) is 0 Å². The zero-order chi connectivity index (χ0) is 16.9. The number of halogens is 3. The summed E-state index contributed by atoms with van der Waals surface area (Å²) in [7, 11) is 0. The second-order valence-corrected chi connectivity index (χ2v) is 5.57. The second-order valence-electron chi connectivity index (χ2n) is 4.53. The number of alkyl halides is 3. The number of benzene rings is 1. The third-order valence-electron chi connectivity index (χ3n) is 2.65. The molecule has 2 aromatic rings. The monoisotopic (exact) mass is 342 g/mol. The molecule has 23 heavy (non-hydrogen) atoms. The van der Waals surface area contributed by atoms with Crippen LogP contribution in [0.1, 0.15) is 5.56 Å². The van der Waals surface area contributed by atoms with Crippen molar-refractivity contribution >= 4 is 23.5 Å². The number of aryl methyl sites for hydroxylation is 1. The van der Waals surface area contributed by atoms with Crippen LogP contribution in [0.2, 0.25) is 0 Å². The Balaban J connectivity index is 1.98. The first kappa shape index (κ1) is 17.1. The number of rotatable bonds is 4. The Kier molecular flexibility index (Phi) is 5.43. The molecule has 0 spiro atoms. The molecule has 2 amide bonds. The molecular formula is C14H13F3N4OS. The van der Waals surface area contributed by atoms with Crippen molar-refractivity contribution in [2.24, 2.45) is 0 Å². The first-order valence-corrected chi connectivity index (χ1v) is 7.32. The Hall–Kier alpha value is -2.29. The molecule has 0 saturated carbocycles. The van der Waals surface area contributed by atoms with Gasteiger partial charge in [0.1, 0.15) is 6.54 Å². The van der Waals surface area contributed by atoms with Gasteiger partial charge in [0, 0.05) is 23.0 Å². The number of amides is 2. The highest BCUT2D eigenvalue weighted by Crippen LogP contribution is 2.27. The van der Waals surface area contributed by atoms with Gasteiger partial charge in [0.2, 0.25) is 0 Å². The molecule has 9 heteroatoms. The Morgan fingerprint density at radius 3 is 2.57 bits per heavy atom. The first-order valence-electron chi connectivity index (χ1n) is 6.50. The number of urea groups is 1. The van der Waals surface area contributed by atoms with Crippen LogP contribution in [0.15, 0.2) is 46.7 Å². The van der Waals surface area contributed by atoms with E-state index in [0.717, 1.165) is 4.90 Å². The average Bonchev–Trinajstić information content (AvgIpc) is 2.48. The van der Waals surface area contributed by atoms with Gasteiger partial charge < -0.3 is 10.6 Å².